The van der Waals surface area contributed by atoms with Gasteiger partial charge in [-0.05, 0) is 58.0 Å². The van der Waals surface area contributed by atoms with Gasteiger partial charge in [-0.15, -0.1) is 0 Å². The Morgan fingerprint density at radius 3 is 2.35 bits per heavy atom. The first-order valence-corrected chi connectivity index (χ1v) is 7.69. The number of piperidine rings is 1. The zero-order valence-corrected chi connectivity index (χ0v) is 11.9. The Kier molecular flexibility index (Phi) is 4.87. The van der Waals surface area contributed by atoms with Crippen LogP contribution in [0.5, 0.6) is 0 Å². The van der Waals surface area contributed by atoms with Crippen molar-refractivity contribution in [3.63, 3.8) is 0 Å². The molecule has 2 nitrogen and oxygen atoms in total. The molecule has 1 N–H and O–H groups in total. The summed E-state index contributed by atoms with van der Waals surface area (Å²) in [4.78, 5) is 2.64. The Morgan fingerprint density at radius 1 is 1.18 bits per heavy atom. The maximum atomic E-state index is 3.81. The van der Waals surface area contributed by atoms with Crippen molar-refractivity contribution in [2.45, 2.75) is 76.9 Å². The van der Waals surface area contributed by atoms with Crippen LogP contribution in [0.25, 0.3) is 0 Å². The molecule has 0 aliphatic carbocycles. The summed E-state index contributed by atoms with van der Waals surface area (Å²) in [5.41, 5.74) is 0. The standard InChI is InChI=1S/C15H30N2/c1-4-6-13(5-2)16-11-12-9-14-7-8-15(10-12)17(14)3/h12-16H,4-11H2,1-3H3. The molecular weight excluding hydrogens is 208 g/mol. The molecule has 3 unspecified atom stereocenters. The highest BCUT2D eigenvalue weighted by Crippen LogP contribution is 2.37. The van der Waals surface area contributed by atoms with Gasteiger partial charge in [0.25, 0.3) is 0 Å². The highest BCUT2D eigenvalue weighted by atomic mass is 15.2. The Morgan fingerprint density at radius 2 is 1.82 bits per heavy atom. The van der Waals surface area contributed by atoms with Gasteiger partial charge in [-0.1, -0.05) is 20.3 Å². The molecule has 2 rings (SSSR count). The summed E-state index contributed by atoms with van der Waals surface area (Å²) in [5.74, 6) is 0.939. The average molecular weight is 238 g/mol. The third-order valence-corrected chi connectivity index (χ3v) is 5.02. The van der Waals surface area contributed by atoms with Crippen molar-refractivity contribution in [2.75, 3.05) is 13.6 Å². The number of hydrogen-bond donors (Lipinski definition) is 1. The van der Waals surface area contributed by atoms with Crippen LogP contribution in [-0.2, 0) is 0 Å². The van der Waals surface area contributed by atoms with E-state index >= 15 is 0 Å². The van der Waals surface area contributed by atoms with Gasteiger partial charge in [0.15, 0.2) is 0 Å². The lowest BCUT2D eigenvalue weighted by atomic mass is 9.90. The van der Waals surface area contributed by atoms with Gasteiger partial charge in [0.2, 0.25) is 0 Å². The van der Waals surface area contributed by atoms with Crippen molar-refractivity contribution in [3.8, 4) is 0 Å². The molecule has 3 atom stereocenters. The first-order chi connectivity index (χ1) is 8.24. The second-order valence-electron chi connectivity index (χ2n) is 6.19. The molecule has 17 heavy (non-hydrogen) atoms. The molecule has 2 aliphatic heterocycles. The molecule has 2 fully saturated rings. The van der Waals surface area contributed by atoms with Crippen molar-refractivity contribution in [3.05, 3.63) is 0 Å². The smallest absolute Gasteiger partial charge is 0.00988 e. The summed E-state index contributed by atoms with van der Waals surface area (Å²) >= 11 is 0. The second kappa shape index (κ2) is 6.19. The maximum Gasteiger partial charge on any atom is 0.00988 e. The summed E-state index contributed by atoms with van der Waals surface area (Å²) in [6.45, 7) is 5.87. The molecule has 2 aliphatic rings. The number of nitrogens with one attached hydrogen (secondary N) is 1. The monoisotopic (exact) mass is 238 g/mol. The van der Waals surface area contributed by atoms with Crippen LogP contribution in [0.3, 0.4) is 0 Å². The fraction of sp³-hybridized carbons (Fsp3) is 1.00. The summed E-state index contributed by atoms with van der Waals surface area (Å²) in [7, 11) is 2.33. The lowest BCUT2D eigenvalue weighted by Crippen LogP contribution is -2.43. The Hall–Kier alpha value is -0.0800. The summed E-state index contributed by atoms with van der Waals surface area (Å²) in [5, 5.41) is 3.81. The third kappa shape index (κ3) is 3.23. The Bertz CT molecular complexity index is 215. The molecule has 0 aromatic rings. The lowest BCUT2D eigenvalue weighted by Gasteiger charge is -2.37. The van der Waals surface area contributed by atoms with E-state index in [9.17, 15) is 0 Å². The molecule has 0 spiro atoms. The first-order valence-electron chi connectivity index (χ1n) is 7.69. The number of nitrogens with zero attached hydrogens (tertiary/aromatic N) is 1. The van der Waals surface area contributed by atoms with Crippen LogP contribution in [0.15, 0.2) is 0 Å². The first kappa shape index (κ1) is 13.4. The topological polar surface area (TPSA) is 15.3 Å². The van der Waals surface area contributed by atoms with Crippen LogP contribution in [0.4, 0.5) is 0 Å². The van der Waals surface area contributed by atoms with Gasteiger partial charge >= 0.3 is 0 Å². The van der Waals surface area contributed by atoms with Crippen molar-refractivity contribution in [1.29, 1.82) is 0 Å². The largest absolute Gasteiger partial charge is 0.314 e. The van der Waals surface area contributed by atoms with E-state index in [0.29, 0.717) is 0 Å². The van der Waals surface area contributed by atoms with Crippen LogP contribution >= 0.6 is 0 Å². The molecular formula is C15H30N2. The number of hydrogen-bond acceptors (Lipinski definition) is 2. The van der Waals surface area contributed by atoms with Crippen LogP contribution in [0.2, 0.25) is 0 Å². The molecule has 2 heteroatoms. The third-order valence-electron chi connectivity index (χ3n) is 5.02. The zero-order valence-electron chi connectivity index (χ0n) is 11.9. The molecule has 2 heterocycles. The minimum Gasteiger partial charge on any atom is -0.314 e. The van der Waals surface area contributed by atoms with E-state index in [1.54, 1.807) is 0 Å². The van der Waals surface area contributed by atoms with Gasteiger partial charge in [-0.25, -0.2) is 0 Å². The lowest BCUT2D eigenvalue weighted by molar-refractivity contribution is 0.131. The summed E-state index contributed by atoms with van der Waals surface area (Å²) in [6.07, 6.45) is 9.70. The normalized spacial score (nSPS) is 35.1. The minimum atomic E-state index is 0.761. The predicted octanol–water partition coefficient (Wildman–Crippen LogP) is 3.03. The van der Waals surface area contributed by atoms with Crippen LogP contribution in [-0.4, -0.2) is 36.6 Å². The van der Waals surface area contributed by atoms with E-state index in [2.05, 4.69) is 31.1 Å². The molecule has 0 saturated carbocycles. The average Bonchev–Trinajstić information content (AvgIpc) is 2.56. The molecule has 0 aromatic heterocycles. The SMILES string of the molecule is CCCC(CC)NCC1CC2CCC(C1)N2C. The zero-order chi connectivity index (χ0) is 12.3. The van der Waals surface area contributed by atoms with Crippen LogP contribution in [0.1, 0.15) is 58.8 Å². The Balaban J connectivity index is 1.73. The highest BCUT2D eigenvalue weighted by Gasteiger charge is 2.38. The fourth-order valence-corrected chi connectivity index (χ4v) is 3.82. The molecule has 100 valence electrons. The Labute approximate surface area is 107 Å². The van der Waals surface area contributed by atoms with Gasteiger partial charge in [-0.2, -0.15) is 0 Å². The summed E-state index contributed by atoms with van der Waals surface area (Å²) in [6, 6.07) is 2.55. The van der Waals surface area contributed by atoms with Crippen molar-refractivity contribution in [2.24, 2.45) is 5.92 Å². The molecule has 0 amide bonds. The van der Waals surface area contributed by atoms with Gasteiger partial charge in [0.1, 0.15) is 0 Å². The quantitative estimate of drug-likeness (QED) is 0.765. The van der Waals surface area contributed by atoms with Gasteiger partial charge in [-0.3, -0.25) is 0 Å². The maximum absolute atomic E-state index is 3.81. The fourth-order valence-electron chi connectivity index (χ4n) is 3.82. The van der Waals surface area contributed by atoms with Gasteiger partial charge in [0.05, 0.1) is 0 Å². The molecule has 0 radical (unpaired) electrons. The van der Waals surface area contributed by atoms with E-state index in [1.807, 2.05) is 0 Å². The van der Waals surface area contributed by atoms with Crippen molar-refractivity contribution in [1.82, 2.24) is 10.2 Å². The molecule has 2 bridgehead atoms. The minimum absolute atomic E-state index is 0.761. The highest BCUT2D eigenvalue weighted by molar-refractivity contribution is 4.94. The van der Waals surface area contributed by atoms with Crippen LogP contribution in [0, 0.1) is 5.92 Å². The predicted molar refractivity (Wildman–Crippen MR) is 74.3 cm³/mol. The van der Waals surface area contributed by atoms with Crippen LogP contribution < -0.4 is 5.32 Å². The van der Waals surface area contributed by atoms with E-state index in [4.69, 9.17) is 0 Å². The number of rotatable bonds is 6. The van der Waals surface area contributed by atoms with E-state index in [0.717, 1.165) is 24.0 Å². The second-order valence-corrected chi connectivity index (χ2v) is 6.19. The van der Waals surface area contributed by atoms with Gasteiger partial charge in [0, 0.05) is 18.1 Å². The van der Waals surface area contributed by atoms with E-state index < -0.39 is 0 Å². The van der Waals surface area contributed by atoms with Crippen molar-refractivity contribution < 1.29 is 0 Å². The van der Waals surface area contributed by atoms with Gasteiger partial charge < -0.3 is 10.2 Å². The number of fused-ring (bicyclic) bond motifs is 2. The molecule has 0 aromatic carbocycles. The molecule has 2 saturated heterocycles. The van der Waals surface area contributed by atoms with Crippen molar-refractivity contribution >= 4 is 0 Å². The van der Waals surface area contributed by atoms with E-state index in [-0.39, 0.29) is 0 Å². The summed E-state index contributed by atoms with van der Waals surface area (Å²) < 4.78 is 0. The van der Waals surface area contributed by atoms with E-state index in [1.165, 1.54) is 51.5 Å².